The van der Waals surface area contributed by atoms with E-state index in [0.29, 0.717) is 32.9 Å². The van der Waals surface area contributed by atoms with E-state index in [4.69, 9.17) is 11.6 Å². The summed E-state index contributed by atoms with van der Waals surface area (Å²) in [6.07, 6.45) is 1.38. The zero-order valence-electron chi connectivity index (χ0n) is 14.7. The van der Waals surface area contributed by atoms with Gasteiger partial charge in [-0.15, -0.1) is 0 Å². The molecule has 0 bridgehead atoms. The van der Waals surface area contributed by atoms with Crippen LogP contribution in [0.5, 0.6) is 0 Å². The highest BCUT2D eigenvalue weighted by atomic mass is 35.5. The Balaban J connectivity index is 1.74. The van der Waals surface area contributed by atoms with Crippen LogP contribution >= 0.6 is 23.4 Å². The summed E-state index contributed by atoms with van der Waals surface area (Å²) in [5.41, 5.74) is 4.00. The van der Waals surface area contributed by atoms with Crippen LogP contribution in [0.25, 0.3) is 11.3 Å². The predicted octanol–water partition coefficient (Wildman–Crippen LogP) is 4.54. The van der Waals surface area contributed by atoms with Crippen LogP contribution in [-0.4, -0.2) is 25.4 Å². The molecule has 0 saturated carbocycles. The molecule has 27 heavy (non-hydrogen) atoms. The van der Waals surface area contributed by atoms with E-state index in [1.54, 1.807) is 18.2 Å². The molecule has 5 nitrogen and oxygen atoms in total. The molecule has 3 aromatic rings. The number of halogens is 1. The summed E-state index contributed by atoms with van der Waals surface area (Å²) >= 11 is 7.61. The maximum absolute atomic E-state index is 12.8. The Bertz CT molecular complexity index is 1130. The molecular weight excluding hydrogens is 402 g/mol. The fourth-order valence-electron chi connectivity index (χ4n) is 2.89. The number of hydrogen-bond acceptors (Lipinski definition) is 5. The van der Waals surface area contributed by atoms with Crippen LogP contribution in [-0.2, 0) is 15.8 Å². The molecule has 0 amide bonds. The van der Waals surface area contributed by atoms with Crippen LogP contribution in [0.1, 0.15) is 11.1 Å². The Hall–Kier alpha value is -2.09. The third kappa shape index (κ3) is 3.31. The summed E-state index contributed by atoms with van der Waals surface area (Å²) in [6, 6.07) is 13.4. The third-order valence-corrected chi connectivity index (χ3v) is 7.35. The molecule has 0 radical (unpaired) electrons. The lowest BCUT2D eigenvalue weighted by atomic mass is 10.1. The Kier molecular flexibility index (Phi) is 4.61. The van der Waals surface area contributed by atoms with Crippen molar-refractivity contribution in [2.75, 3.05) is 11.4 Å². The van der Waals surface area contributed by atoms with E-state index in [1.165, 1.54) is 34.9 Å². The molecule has 8 heteroatoms. The van der Waals surface area contributed by atoms with E-state index < -0.39 is 10.0 Å². The SMILES string of the molecule is Cc1ccc(CSc2ncc3c(n2)-c2cc(Cl)ccc2N(C)S3(=O)=O)cc1. The zero-order valence-corrected chi connectivity index (χ0v) is 17.1. The van der Waals surface area contributed by atoms with Crippen LogP contribution < -0.4 is 4.31 Å². The van der Waals surface area contributed by atoms with Crippen molar-refractivity contribution in [1.82, 2.24) is 9.97 Å². The highest BCUT2D eigenvalue weighted by Gasteiger charge is 2.34. The lowest BCUT2D eigenvalue weighted by molar-refractivity contribution is 0.592. The molecule has 0 atom stereocenters. The van der Waals surface area contributed by atoms with Gasteiger partial charge >= 0.3 is 0 Å². The summed E-state index contributed by atoms with van der Waals surface area (Å²) in [5.74, 6) is 0.703. The van der Waals surface area contributed by atoms with E-state index in [9.17, 15) is 8.42 Å². The van der Waals surface area contributed by atoms with Crippen molar-refractivity contribution in [1.29, 1.82) is 0 Å². The number of sulfonamides is 1. The fourth-order valence-corrected chi connectivity index (χ4v) is 5.13. The van der Waals surface area contributed by atoms with Crippen LogP contribution in [0.3, 0.4) is 0 Å². The quantitative estimate of drug-likeness (QED) is 0.462. The van der Waals surface area contributed by atoms with Crippen LogP contribution in [0, 0.1) is 6.92 Å². The molecule has 1 aromatic heterocycles. The molecule has 0 fully saturated rings. The van der Waals surface area contributed by atoms with Crippen molar-refractivity contribution < 1.29 is 8.42 Å². The van der Waals surface area contributed by atoms with Gasteiger partial charge in [-0.3, -0.25) is 4.31 Å². The number of nitrogens with zero attached hydrogens (tertiary/aromatic N) is 3. The first kappa shape index (κ1) is 18.3. The van der Waals surface area contributed by atoms with Gasteiger partial charge < -0.3 is 0 Å². The Labute approximate surface area is 167 Å². The number of benzene rings is 2. The number of hydrogen-bond donors (Lipinski definition) is 0. The number of rotatable bonds is 3. The van der Waals surface area contributed by atoms with Gasteiger partial charge in [-0.1, -0.05) is 53.2 Å². The second-order valence-electron chi connectivity index (χ2n) is 6.27. The maximum Gasteiger partial charge on any atom is 0.267 e. The van der Waals surface area contributed by atoms with E-state index in [1.807, 2.05) is 6.92 Å². The lowest BCUT2D eigenvalue weighted by Crippen LogP contribution is -2.31. The molecule has 0 saturated heterocycles. The molecule has 138 valence electrons. The van der Waals surface area contributed by atoms with Gasteiger partial charge in [-0.2, -0.15) is 0 Å². The standard InChI is InChI=1S/C19H16ClN3O2S2/c1-12-3-5-13(6-4-12)11-26-19-21-10-17-18(22-19)15-9-14(20)7-8-16(15)23(2)27(17,24)25/h3-10H,11H2,1-2H3. The summed E-state index contributed by atoms with van der Waals surface area (Å²) < 4.78 is 26.8. The van der Waals surface area contributed by atoms with Gasteiger partial charge in [0.15, 0.2) is 5.16 Å². The van der Waals surface area contributed by atoms with Gasteiger partial charge in [0.2, 0.25) is 0 Å². The van der Waals surface area contributed by atoms with Crippen molar-refractivity contribution in [3.8, 4) is 11.3 Å². The zero-order chi connectivity index (χ0) is 19.2. The lowest BCUT2D eigenvalue weighted by Gasteiger charge is -2.28. The van der Waals surface area contributed by atoms with Gasteiger partial charge in [0.1, 0.15) is 4.90 Å². The van der Waals surface area contributed by atoms with E-state index >= 15 is 0 Å². The van der Waals surface area contributed by atoms with E-state index in [-0.39, 0.29) is 4.90 Å². The average molecular weight is 418 g/mol. The van der Waals surface area contributed by atoms with Crippen molar-refractivity contribution in [3.63, 3.8) is 0 Å². The van der Waals surface area contributed by atoms with Crippen molar-refractivity contribution >= 4 is 39.1 Å². The van der Waals surface area contributed by atoms with Crippen molar-refractivity contribution in [2.24, 2.45) is 0 Å². The molecule has 0 aliphatic carbocycles. The molecule has 4 rings (SSSR count). The molecule has 0 spiro atoms. The molecule has 0 N–H and O–H groups in total. The Morgan fingerprint density at radius 1 is 1.15 bits per heavy atom. The van der Waals surface area contributed by atoms with Gasteiger partial charge in [0.05, 0.1) is 17.6 Å². The summed E-state index contributed by atoms with van der Waals surface area (Å²) in [7, 11) is -2.16. The maximum atomic E-state index is 12.8. The second-order valence-corrected chi connectivity index (χ2v) is 9.59. The highest BCUT2D eigenvalue weighted by molar-refractivity contribution is 7.98. The first-order valence-electron chi connectivity index (χ1n) is 8.20. The van der Waals surface area contributed by atoms with Gasteiger partial charge in [-0.25, -0.2) is 18.4 Å². The van der Waals surface area contributed by atoms with Gasteiger partial charge in [0.25, 0.3) is 10.0 Å². The minimum atomic E-state index is -3.68. The van der Waals surface area contributed by atoms with Gasteiger partial charge in [-0.05, 0) is 30.7 Å². The second kappa shape index (κ2) is 6.82. The predicted molar refractivity (Wildman–Crippen MR) is 109 cm³/mol. The number of fused-ring (bicyclic) bond motifs is 3. The Morgan fingerprint density at radius 3 is 2.63 bits per heavy atom. The van der Waals surface area contributed by atoms with Crippen molar-refractivity contribution in [3.05, 3.63) is 64.8 Å². The largest absolute Gasteiger partial charge is 0.269 e. The first-order chi connectivity index (χ1) is 12.9. The monoisotopic (exact) mass is 417 g/mol. The van der Waals surface area contributed by atoms with Crippen molar-refractivity contribution in [2.45, 2.75) is 22.7 Å². The summed E-state index contributed by atoms with van der Waals surface area (Å²) in [5, 5.41) is 1.06. The molecule has 2 aromatic carbocycles. The van der Waals surface area contributed by atoms with Crippen LogP contribution in [0.4, 0.5) is 5.69 Å². The van der Waals surface area contributed by atoms with Crippen LogP contribution in [0.2, 0.25) is 5.02 Å². The third-order valence-electron chi connectivity index (χ3n) is 4.41. The highest BCUT2D eigenvalue weighted by Crippen LogP contribution is 2.42. The fraction of sp³-hybridized carbons (Fsp3) is 0.158. The van der Waals surface area contributed by atoms with E-state index in [0.717, 1.165) is 5.56 Å². The Morgan fingerprint density at radius 2 is 1.89 bits per heavy atom. The average Bonchev–Trinajstić information content (AvgIpc) is 2.66. The summed E-state index contributed by atoms with van der Waals surface area (Å²) in [6.45, 7) is 2.05. The molecule has 1 aliphatic rings. The molecule has 1 aliphatic heterocycles. The normalized spacial score (nSPS) is 14.6. The number of thioether (sulfide) groups is 1. The molecule has 2 heterocycles. The minimum absolute atomic E-state index is 0.0967. The molecule has 0 unspecified atom stereocenters. The summed E-state index contributed by atoms with van der Waals surface area (Å²) in [4.78, 5) is 8.91. The minimum Gasteiger partial charge on any atom is -0.269 e. The number of aryl methyl sites for hydroxylation is 1. The smallest absolute Gasteiger partial charge is 0.267 e. The van der Waals surface area contributed by atoms with Gasteiger partial charge in [0, 0.05) is 23.4 Å². The topological polar surface area (TPSA) is 63.2 Å². The van der Waals surface area contributed by atoms with E-state index in [2.05, 4.69) is 34.2 Å². The number of anilines is 1. The van der Waals surface area contributed by atoms with Crippen LogP contribution in [0.15, 0.2) is 58.7 Å². The molecular formula is C19H16ClN3O2S2. The first-order valence-corrected chi connectivity index (χ1v) is 11.0. The number of aromatic nitrogens is 2.